The van der Waals surface area contributed by atoms with Gasteiger partial charge in [0.05, 0.1) is 6.61 Å². The Balaban J connectivity index is 2.08. The van der Waals surface area contributed by atoms with Gasteiger partial charge in [0.1, 0.15) is 4.21 Å². The minimum absolute atomic E-state index is 0.305. The number of piperidine rings is 1. The molecule has 0 spiro atoms. The van der Waals surface area contributed by atoms with E-state index in [2.05, 4.69) is 5.32 Å². The van der Waals surface area contributed by atoms with Crippen molar-refractivity contribution in [3.8, 4) is 0 Å². The zero-order valence-electron chi connectivity index (χ0n) is 12.7. The lowest BCUT2D eigenvalue weighted by Crippen LogP contribution is -2.40. The van der Waals surface area contributed by atoms with Gasteiger partial charge in [0, 0.05) is 31.6 Å². The van der Waals surface area contributed by atoms with Gasteiger partial charge < -0.3 is 10.1 Å². The molecule has 5 nitrogen and oxygen atoms in total. The van der Waals surface area contributed by atoms with Crippen LogP contribution in [0.1, 0.15) is 24.6 Å². The molecule has 0 aromatic carbocycles. The molecule has 21 heavy (non-hydrogen) atoms. The molecule has 1 N–H and O–H groups in total. The van der Waals surface area contributed by atoms with Gasteiger partial charge in [0.15, 0.2) is 0 Å². The van der Waals surface area contributed by atoms with E-state index in [1.807, 2.05) is 13.0 Å². The second-order valence-corrected chi connectivity index (χ2v) is 8.66. The van der Waals surface area contributed by atoms with Gasteiger partial charge >= 0.3 is 0 Å². The number of sulfonamides is 1. The fourth-order valence-corrected chi connectivity index (χ4v) is 5.62. The number of hydrogen-bond acceptors (Lipinski definition) is 5. The van der Waals surface area contributed by atoms with Crippen LogP contribution in [0.2, 0.25) is 0 Å². The molecular weight excluding hydrogens is 308 g/mol. The monoisotopic (exact) mass is 332 g/mol. The Kier molecular flexibility index (Phi) is 6.19. The van der Waals surface area contributed by atoms with Gasteiger partial charge in [-0.3, -0.25) is 0 Å². The van der Waals surface area contributed by atoms with Gasteiger partial charge in [0.25, 0.3) is 10.0 Å². The first-order chi connectivity index (χ1) is 10.1. The molecule has 0 amide bonds. The SMILES string of the molecule is CCNCc1ccc(S(=O)(=O)N2CCCC(COC)C2)s1. The fraction of sp³-hybridized carbons (Fsp3) is 0.714. The lowest BCUT2D eigenvalue weighted by atomic mass is 10.0. The molecular formula is C14H24N2O3S2. The summed E-state index contributed by atoms with van der Waals surface area (Å²) in [4.78, 5) is 1.06. The van der Waals surface area contributed by atoms with E-state index in [1.165, 1.54) is 11.3 Å². The van der Waals surface area contributed by atoms with Crippen molar-refractivity contribution < 1.29 is 13.2 Å². The van der Waals surface area contributed by atoms with Crippen molar-refractivity contribution in [3.05, 3.63) is 17.0 Å². The number of hydrogen-bond donors (Lipinski definition) is 1. The summed E-state index contributed by atoms with van der Waals surface area (Å²) in [5.74, 6) is 0.305. The highest BCUT2D eigenvalue weighted by molar-refractivity contribution is 7.91. The molecule has 7 heteroatoms. The van der Waals surface area contributed by atoms with Crippen molar-refractivity contribution in [2.45, 2.75) is 30.5 Å². The minimum atomic E-state index is -3.35. The third-order valence-electron chi connectivity index (χ3n) is 3.66. The maximum absolute atomic E-state index is 12.7. The molecule has 1 aliphatic rings. The lowest BCUT2D eigenvalue weighted by molar-refractivity contribution is 0.118. The number of nitrogens with one attached hydrogen (secondary N) is 1. The van der Waals surface area contributed by atoms with E-state index in [-0.39, 0.29) is 0 Å². The van der Waals surface area contributed by atoms with E-state index in [1.54, 1.807) is 17.5 Å². The molecule has 0 bridgehead atoms. The van der Waals surface area contributed by atoms with Crippen molar-refractivity contribution in [3.63, 3.8) is 0 Å². The second kappa shape index (κ2) is 7.69. The van der Waals surface area contributed by atoms with Crippen LogP contribution < -0.4 is 5.32 Å². The molecule has 2 rings (SSSR count). The average molecular weight is 332 g/mol. The Bertz CT molecular complexity index is 540. The largest absolute Gasteiger partial charge is 0.384 e. The lowest BCUT2D eigenvalue weighted by Gasteiger charge is -2.31. The quantitative estimate of drug-likeness (QED) is 0.828. The standard InChI is InChI=1S/C14H24N2O3S2/c1-3-15-9-13-6-7-14(20-13)21(17,18)16-8-4-5-12(10-16)11-19-2/h6-7,12,15H,3-5,8-11H2,1-2H3. The Morgan fingerprint density at radius 3 is 3.00 bits per heavy atom. The maximum atomic E-state index is 12.7. The Hall–Kier alpha value is -0.470. The van der Waals surface area contributed by atoms with Crippen molar-refractivity contribution in [1.82, 2.24) is 9.62 Å². The molecule has 1 aliphatic heterocycles. The topological polar surface area (TPSA) is 58.6 Å². The van der Waals surface area contributed by atoms with Crippen molar-refractivity contribution in [2.75, 3.05) is 33.4 Å². The molecule has 2 heterocycles. The van der Waals surface area contributed by atoms with Crippen LogP contribution in [0.15, 0.2) is 16.3 Å². The first-order valence-electron chi connectivity index (χ1n) is 7.36. The second-order valence-electron chi connectivity index (χ2n) is 5.33. The molecule has 1 saturated heterocycles. The van der Waals surface area contributed by atoms with Gasteiger partial charge in [0.2, 0.25) is 0 Å². The molecule has 0 aliphatic carbocycles. The highest BCUT2D eigenvalue weighted by Crippen LogP contribution is 2.28. The van der Waals surface area contributed by atoms with Crippen LogP contribution in [-0.4, -0.2) is 46.1 Å². The first kappa shape index (κ1) is 16.9. The molecule has 120 valence electrons. The van der Waals surface area contributed by atoms with Gasteiger partial charge in [-0.2, -0.15) is 4.31 Å². The summed E-state index contributed by atoms with van der Waals surface area (Å²) in [6.45, 7) is 5.45. The summed E-state index contributed by atoms with van der Waals surface area (Å²) in [5, 5.41) is 3.22. The summed E-state index contributed by atoms with van der Waals surface area (Å²) in [6, 6.07) is 3.63. The van der Waals surface area contributed by atoms with Crippen LogP contribution in [-0.2, 0) is 21.3 Å². The predicted molar refractivity (Wildman–Crippen MR) is 85.1 cm³/mol. The zero-order valence-corrected chi connectivity index (χ0v) is 14.3. The summed E-state index contributed by atoms with van der Waals surface area (Å²) < 4.78 is 32.6. The Morgan fingerprint density at radius 1 is 1.48 bits per heavy atom. The third kappa shape index (κ3) is 4.26. The summed E-state index contributed by atoms with van der Waals surface area (Å²) in [6.07, 6.45) is 1.94. The van der Waals surface area contributed by atoms with Crippen molar-refractivity contribution in [2.24, 2.45) is 5.92 Å². The van der Waals surface area contributed by atoms with E-state index < -0.39 is 10.0 Å². The van der Waals surface area contributed by atoms with E-state index in [0.29, 0.717) is 29.8 Å². The Morgan fingerprint density at radius 2 is 2.29 bits per heavy atom. The van der Waals surface area contributed by atoms with Crippen LogP contribution in [0, 0.1) is 5.92 Å². The predicted octanol–water partition coefficient (Wildman–Crippen LogP) is 1.90. The molecule has 1 aromatic heterocycles. The number of ether oxygens (including phenoxy) is 1. The summed E-state index contributed by atoms with van der Waals surface area (Å²) in [5.41, 5.74) is 0. The van der Waals surface area contributed by atoms with Crippen molar-refractivity contribution in [1.29, 1.82) is 0 Å². The normalized spacial score (nSPS) is 20.8. The summed E-state index contributed by atoms with van der Waals surface area (Å²) in [7, 11) is -1.68. The van der Waals surface area contributed by atoms with Crippen molar-refractivity contribution >= 4 is 21.4 Å². The number of rotatable bonds is 7. The van der Waals surface area contributed by atoms with Gasteiger partial charge in [-0.1, -0.05) is 6.92 Å². The number of methoxy groups -OCH3 is 1. The molecule has 0 saturated carbocycles. The van der Waals surface area contributed by atoms with Gasteiger partial charge in [-0.05, 0) is 37.4 Å². The third-order valence-corrected chi connectivity index (χ3v) is 7.08. The molecule has 1 aromatic rings. The van der Waals surface area contributed by atoms with Crippen LogP contribution in [0.3, 0.4) is 0 Å². The molecule has 1 fully saturated rings. The Labute approximate surface area is 131 Å². The summed E-state index contributed by atoms with van der Waals surface area (Å²) >= 11 is 1.36. The molecule has 0 radical (unpaired) electrons. The fourth-order valence-electron chi connectivity index (χ4n) is 2.58. The van der Waals surface area contributed by atoms with E-state index in [4.69, 9.17) is 4.74 Å². The smallest absolute Gasteiger partial charge is 0.252 e. The van der Waals surface area contributed by atoms with E-state index in [9.17, 15) is 8.42 Å². The van der Waals surface area contributed by atoms with Gasteiger partial charge in [-0.25, -0.2) is 8.42 Å². The van der Waals surface area contributed by atoms with Crippen LogP contribution in [0.25, 0.3) is 0 Å². The first-order valence-corrected chi connectivity index (χ1v) is 9.62. The highest BCUT2D eigenvalue weighted by Gasteiger charge is 2.31. The molecule has 1 unspecified atom stereocenters. The van der Waals surface area contributed by atoms with E-state index >= 15 is 0 Å². The maximum Gasteiger partial charge on any atom is 0.252 e. The highest BCUT2D eigenvalue weighted by atomic mass is 32.2. The van der Waals surface area contributed by atoms with Gasteiger partial charge in [-0.15, -0.1) is 11.3 Å². The number of nitrogens with zero attached hydrogens (tertiary/aromatic N) is 1. The zero-order chi connectivity index (χ0) is 15.3. The average Bonchev–Trinajstić information content (AvgIpc) is 2.95. The molecule has 1 atom stereocenters. The van der Waals surface area contributed by atoms with E-state index in [0.717, 1.165) is 30.8 Å². The minimum Gasteiger partial charge on any atom is -0.384 e. The van der Waals surface area contributed by atoms with Crippen LogP contribution >= 0.6 is 11.3 Å². The van der Waals surface area contributed by atoms with Crippen LogP contribution in [0.5, 0.6) is 0 Å². The number of thiophene rings is 1. The van der Waals surface area contributed by atoms with Crippen LogP contribution in [0.4, 0.5) is 0 Å².